The Balaban J connectivity index is 1.43. The van der Waals surface area contributed by atoms with Crippen LogP contribution < -0.4 is 5.73 Å². The smallest absolute Gasteiger partial charge is 0.0424 e. The second kappa shape index (κ2) is 6.04. The molecule has 0 aromatic heterocycles. The van der Waals surface area contributed by atoms with Crippen molar-refractivity contribution in [3.63, 3.8) is 0 Å². The molecule has 104 valence electrons. The molecule has 3 heteroatoms. The number of nitrogens with zero attached hydrogens (tertiary/aromatic N) is 2. The predicted octanol–water partition coefficient (Wildman–Crippen LogP) is 1.71. The summed E-state index contributed by atoms with van der Waals surface area (Å²) in [5.74, 6) is 1.01. The molecule has 0 amide bonds. The van der Waals surface area contributed by atoms with E-state index in [2.05, 4.69) is 34.1 Å². The summed E-state index contributed by atoms with van der Waals surface area (Å²) in [5.41, 5.74) is 7.55. The lowest BCUT2D eigenvalue weighted by Crippen LogP contribution is -2.48. The maximum absolute atomic E-state index is 6.30. The van der Waals surface area contributed by atoms with Crippen molar-refractivity contribution in [2.24, 2.45) is 11.7 Å². The molecule has 1 aliphatic carbocycles. The van der Waals surface area contributed by atoms with Crippen LogP contribution >= 0.6 is 0 Å². The minimum Gasteiger partial charge on any atom is -0.323 e. The normalized spacial score (nSPS) is 23.4. The fourth-order valence-corrected chi connectivity index (χ4v) is 2.90. The van der Waals surface area contributed by atoms with Crippen LogP contribution in [0, 0.1) is 5.92 Å². The Morgan fingerprint density at radius 2 is 1.63 bits per heavy atom. The molecule has 1 saturated heterocycles. The molecule has 1 saturated carbocycles. The molecule has 0 bridgehead atoms. The molecule has 0 radical (unpaired) electrons. The Kier molecular flexibility index (Phi) is 4.16. The van der Waals surface area contributed by atoms with Crippen LogP contribution in [0.4, 0.5) is 0 Å². The van der Waals surface area contributed by atoms with E-state index >= 15 is 0 Å². The lowest BCUT2D eigenvalue weighted by Gasteiger charge is -2.36. The molecule has 1 heterocycles. The Bertz CT molecular complexity index is 380. The van der Waals surface area contributed by atoms with Crippen molar-refractivity contribution in [3.8, 4) is 0 Å². The first-order valence-corrected chi connectivity index (χ1v) is 7.56. The van der Waals surface area contributed by atoms with Crippen molar-refractivity contribution in [2.75, 3.05) is 39.3 Å². The number of hydrogen-bond donors (Lipinski definition) is 1. The molecule has 1 aromatic rings. The van der Waals surface area contributed by atoms with Gasteiger partial charge in [-0.1, -0.05) is 30.3 Å². The van der Waals surface area contributed by atoms with Gasteiger partial charge in [0.2, 0.25) is 0 Å². The SMILES string of the molecule is NC(CN1CCN(CC2CC2)CC1)c1ccccc1. The number of piperazine rings is 1. The van der Waals surface area contributed by atoms with Crippen LogP contribution in [-0.2, 0) is 0 Å². The summed E-state index contributed by atoms with van der Waals surface area (Å²) in [5, 5.41) is 0. The summed E-state index contributed by atoms with van der Waals surface area (Å²) in [6.07, 6.45) is 2.91. The maximum Gasteiger partial charge on any atom is 0.0424 e. The van der Waals surface area contributed by atoms with Crippen LogP contribution in [0.3, 0.4) is 0 Å². The number of rotatable bonds is 5. The first-order valence-electron chi connectivity index (χ1n) is 7.56. The van der Waals surface area contributed by atoms with E-state index in [-0.39, 0.29) is 6.04 Å². The third-order valence-corrected chi connectivity index (χ3v) is 4.36. The van der Waals surface area contributed by atoms with Crippen LogP contribution in [0.5, 0.6) is 0 Å². The Labute approximate surface area is 116 Å². The molecule has 2 fully saturated rings. The van der Waals surface area contributed by atoms with Gasteiger partial charge >= 0.3 is 0 Å². The van der Waals surface area contributed by atoms with Crippen molar-refractivity contribution in [1.29, 1.82) is 0 Å². The summed E-state index contributed by atoms with van der Waals surface area (Å²) >= 11 is 0. The van der Waals surface area contributed by atoms with Gasteiger partial charge in [0, 0.05) is 45.3 Å². The van der Waals surface area contributed by atoms with E-state index in [0.29, 0.717) is 0 Å². The fourth-order valence-electron chi connectivity index (χ4n) is 2.90. The third-order valence-electron chi connectivity index (χ3n) is 4.36. The molecule has 2 aliphatic rings. The molecule has 3 nitrogen and oxygen atoms in total. The van der Waals surface area contributed by atoms with Gasteiger partial charge in [-0.15, -0.1) is 0 Å². The van der Waals surface area contributed by atoms with Crippen molar-refractivity contribution in [1.82, 2.24) is 9.80 Å². The molecule has 2 N–H and O–H groups in total. The summed E-state index contributed by atoms with van der Waals surface area (Å²) in [7, 11) is 0. The number of nitrogens with two attached hydrogens (primary N) is 1. The molecular weight excluding hydrogens is 234 g/mol. The van der Waals surface area contributed by atoms with Crippen molar-refractivity contribution >= 4 is 0 Å². The maximum atomic E-state index is 6.30. The first kappa shape index (κ1) is 13.1. The van der Waals surface area contributed by atoms with E-state index in [1.165, 1.54) is 51.1 Å². The van der Waals surface area contributed by atoms with Gasteiger partial charge in [0.1, 0.15) is 0 Å². The second-order valence-corrected chi connectivity index (χ2v) is 6.06. The zero-order valence-electron chi connectivity index (χ0n) is 11.7. The highest BCUT2D eigenvalue weighted by molar-refractivity contribution is 5.18. The van der Waals surface area contributed by atoms with Gasteiger partial charge in [-0.3, -0.25) is 4.90 Å². The van der Waals surface area contributed by atoms with Gasteiger partial charge in [-0.05, 0) is 24.3 Å². The van der Waals surface area contributed by atoms with E-state index in [4.69, 9.17) is 5.73 Å². The molecule has 1 aliphatic heterocycles. The minimum atomic E-state index is 0.149. The summed E-state index contributed by atoms with van der Waals surface area (Å²) < 4.78 is 0. The molecule has 1 unspecified atom stereocenters. The minimum absolute atomic E-state index is 0.149. The Morgan fingerprint density at radius 1 is 1.00 bits per heavy atom. The number of hydrogen-bond acceptors (Lipinski definition) is 3. The van der Waals surface area contributed by atoms with E-state index in [1.807, 2.05) is 6.07 Å². The topological polar surface area (TPSA) is 32.5 Å². The van der Waals surface area contributed by atoms with Crippen LogP contribution in [0.25, 0.3) is 0 Å². The largest absolute Gasteiger partial charge is 0.323 e. The molecule has 0 spiro atoms. The van der Waals surface area contributed by atoms with Crippen molar-refractivity contribution < 1.29 is 0 Å². The van der Waals surface area contributed by atoms with Crippen LogP contribution in [0.2, 0.25) is 0 Å². The second-order valence-electron chi connectivity index (χ2n) is 6.06. The van der Waals surface area contributed by atoms with Gasteiger partial charge in [0.15, 0.2) is 0 Å². The van der Waals surface area contributed by atoms with Crippen LogP contribution in [0.1, 0.15) is 24.4 Å². The summed E-state index contributed by atoms with van der Waals surface area (Å²) in [6, 6.07) is 10.6. The molecular formula is C16H25N3. The average Bonchev–Trinajstić information content (AvgIpc) is 3.26. The third kappa shape index (κ3) is 3.78. The predicted molar refractivity (Wildman–Crippen MR) is 79.0 cm³/mol. The van der Waals surface area contributed by atoms with Crippen LogP contribution in [-0.4, -0.2) is 49.1 Å². The van der Waals surface area contributed by atoms with E-state index in [9.17, 15) is 0 Å². The van der Waals surface area contributed by atoms with Gasteiger partial charge in [-0.25, -0.2) is 0 Å². The Hall–Kier alpha value is -0.900. The number of benzene rings is 1. The van der Waals surface area contributed by atoms with Gasteiger partial charge in [0.25, 0.3) is 0 Å². The lowest BCUT2D eigenvalue weighted by atomic mass is 10.1. The molecule has 19 heavy (non-hydrogen) atoms. The summed E-state index contributed by atoms with van der Waals surface area (Å²) in [6.45, 7) is 7.11. The zero-order valence-corrected chi connectivity index (χ0v) is 11.7. The van der Waals surface area contributed by atoms with Gasteiger partial charge in [-0.2, -0.15) is 0 Å². The molecule has 1 aromatic carbocycles. The Morgan fingerprint density at radius 3 is 2.26 bits per heavy atom. The summed E-state index contributed by atoms with van der Waals surface area (Å²) in [4.78, 5) is 5.14. The van der Waals surface area contributed by atoms with Gasteiger partial charge in [0.05, 0.1) is 0 Å². The quantitative estimate of drug-likeness (QED) is 0.874. The van der Waals surface area contributed by atoms with Crippen molar-refractivity contribution in [2.45, 2.75) is 18.9 Å². The van der Waals surface area contributed by atoms with E-state index < -0.39 is 0 Å². The zero-order chi connectivity index (χ0) is 13.1. The first-order chi connectivity index (χ1) is 9.31. The standard InChI is InChI=1S/C16H25N3/c17-16(15-4-2-1-3-5-15)13-19-10-8-18(9-11-19)12-14-6-7-14/h1-5,14,16H,6-13,17H2. The highest BCUT2D eigenvalue weighted by Gasteiger charge is 2.26. The molecule has 1 atom stereocenters. The molecule has 3 rings (SSSR count). The highest BCUT2D eigenvalue weighted by atomic mass is 15.3. The van der Waals surface area contributed by atoms with E-state index in [0.717, 1.165) is 12.5 Å². The van der Waals surface area contributed by atoms with Gasteiger partial charge < -0.3 is 10.6 Å². The van der Waals surface area contributed by atoms with Crippen LogP contribution in [0.15, 0.2) is 30.3 Å². The fraction of sp³-hybridized carbons (Fsp3) is 0.625. The van der Waals surface area contributed by atoms with E-state index in [1.54, 1.807) is 0 Å². The average molecular weight is 259 g/mol. The lowest BCUT2D eigenvalue weighted by molar-refractivity contribution is 0.123. The monoisotopic (exact) mass is 259 g/mol. The van der Waals surface area contributed by atoms with Crippen molar-refractivity contribution in [3.05, 3.63) is 35.9 Å². The highest BCUT2D eigenvalue weighted by Crippen LogP contribution is 2.29.